The Morgan fingerprint density at radius 2 is 1.88 bits per heavy atom. The zero-order valence-corrected chi connectivity index (χ0v) is 15.8. The van der Waals surface area contributed by atoms with Gasteiger partial charge in [-0.05, 0) is 31.0 Å². The first kappa shape index (κ1) is 19.0. The van der Waals surface area contributed by atoms with Gasteiger partial charge in [0.1, 0.15) is 5.75 Å². The molecule has 0 aromatic heterocycles. The number of ether oxygens (including phenoxy) is 1. The summed E-state index contributed by atoms with van der Waals surface area (Å²) in [5.41, 5.74) is 0.584. The number of rotatable bonds is 5. The molecule has 0 N–H and O–H groups in total. The molecule has 1 fully saturated rings. The molecule has 0 spiro atoms. The van der Waals surface area contributed by atoms with Crippen molar-refractivity contribution in [3.05, 3.63) is 22.7 Å². The van der Waals surface area contributed by atoms with E-state index >= 15 is 0 Å². The Bertz CT molecular complexity index is 713. The van der Waals surface area contributed by atoms with Gasteiger partial charge in [0.25, 0.3) is 0 Å². The number of sulfonamides is 1. The summed E-state index contributed by atoms with van der Waals surface area (Å²) < 4.78 is 32.3. The topological polar surface area (TPSA) is 66.9 Å². The molecule has 2 rings (SSSR count). The average molecular weight is 375 g/mol. The second kappa shape index (κ2) is 7.72. The molecule has 6 nitrogen and oxygen atoms in total. The zero-order chi connectivity index (χ0) is 17.9. The molecule has 134 valence electrons. The first-order valence-corrected chi connectivity index (χ1v) is 9.75. The Morgan fingerprint density at radius 3 is 2.42 bits per heavy atom. The van der Waals surface area contributed by atoms with E-state index < -0.39 is 10.0 Å². The number of methoxy groups -OCH3 is 1. The van der Waals surface area contributed by atoms with E-state index in [1.807, 2.05) is 6.92 Å². The van der Waals surface area contributed by atoms with E-state index in [0.29, 0.717) is 43.9 Å². The van der Waals surface area contributed by atoms with Crippen LogP contribution >= 0.6 is 11.6 Å². The number of piperazine rings is 1. The first-order chi connectivity index (χ1) is 11.3. The van der Waals surface area contributed by atoms with E-state index in [9.17, 15) is 13.2 Å². The highest BCUT2D eigenvalue weighted by atomic mass is 35.5. The summed E-state index contributed by atoms with van der Waals surface area (Å²) in [7, 11) is -2.16. The molecule has 0 saturated carbocycles. The highest BCUT2D eigenvalue weighted by Crippen LogP contribution is 2.31. The number of hydrogen-bond acceptors (Lipinski definition) is 4. The molecular formula is C16H23ClN2O4S. The van der Waals surface area contributed by atoms with Crippen LogP contribution < -0.4 is 4.74 Å². The fourth-order valence-electron chi connectivity index (χ4n) is 2.76. The van der Waals surface area contributed by atoms with Gasteiger partial charge in [0, 0.05) is 32.6 Å². The largest absolute Gasteiger partial charge is 0.495 e. The SMILES string of the molecule is CCCC(=O)N1CCN(S(=O)(=O)c2cc(Cl)c(OC)cc2C)CC1. The smallest absolute Gasteiger partial charge is 0.243 e. The third-order valence-electron chi connectivity index (χ3n) is 4.12. The lowest BCUT2D eigenvalue weighted by atomic mass is 10.2. The summed E-state index contributed by atoms with van der Waals surface area (Å²) in [5.74, 6) is 0.529. The van der Waals surface area contributed by atoms with Gasteiger partial charge in [0.05, 0.1) is 17.0 Å². The van der Waals surface area contributed by atoms with Crippen molar-refractivity contribution in [1.29, 1.82) is 0 Å². The van der Waals surface area contributed by atoms with E-state index in [1.165, 1.54) is 17.5 Å². The number of carbonyl (C=O) groups is 1. The lowest BCUT2D eigenvalue weighted by molar-refractivity contribution is -0.132. The molecule has 1 aromatic rings. The summed E-state index contributed by atoms with van der Waals surface area (Å²) in [4.78, 5) is 13.8. The Balaban J connectivity index is 2.18. The quantitative estimate of drug-likeness (QED) is 0.793. The molecule has 1 aliphatic heterocycles. The van der Waals surface area contributed by atoms with Crippen molar-refractivity contribution in [2.24, 2.45) is 0 Å². The number of hydrogen-bond donors (Lipinski definition) is 0. The lowest BCUT2D eigenvalue weighted by Crippen LogP contribution is -2.50. The van der Waals surface area contributed by atoms with Gasteiger partial charge in [0.2, 0.25) is 15.9 Å². The number of aryl methyl sites for hydroxylation is 1. The summed E-state index contributed by atoms with van der Waals surface area (Å²) in [6.45, 7) is 5.09. The van der Waals surface area contributed by atoms with Crippen molar-refractivity contribution >= 4 is 27.5 Å². The fourth-order valence-corrected chi connectivity index (χ4v) is 4.72. The number of nitrogens with zero attached hydrogens (tertiary/aromatic N) is 2. The number of carbonyl (C=O) groups excluding carboxylic acids is 1. The molecule has 24 heavy (non-hydrogen) atoms. The first-order valence-electron chi connectivity index (χ1n) is 7.93. The van der Waals surface area contributed by atoms with Crippen LogP contribution in [0, 0.1) is 6.92 Å². The second-order valence-corrected chi connectivity index (χ2v) is 8.10. The van der Waals surface area contributed by atoms with Gasteiger partial charge >= 0.3 is 0 Å². The van der Waals surface area contributed by atoms with E-state index in [4.69, 9.17) is 16.3 Å². The fraction of sp³-hybridized carbons (Fsp3) is 0.562. The normalized spacial score (nSPS) is 16.2. The van der Waals surface area contributed by atoms with Crippen LogP contribution in [0.2, 0.25) is 5.02 Å². The highest BCUT2D eigenvalue weighted by Gasteiger charge is 2.31. The van der Waals surface area contributed by atoms with Crippen LogP contribution in [0.15, 0.2) is 17.0 Å². The van der Waals surface area contributed by atoms with Gasteiger partial charge in [0.15, 0.2) is 0 Å². The van der Waals surface area contributed by atoms with Crippen LogP contribution in [-0.2, 0) is 14.8 Å². The van der Waals surface area contributed by atoms with Gasteiger partial charge in [-0.15, -0.1) is 0 Å². The summed E-state index contributed by atoms with van der Waals surface area (Å²) in [6.07, 6.45) is 1.29. The Morgan fingerprint density at radius 1 is 1.25 bits per heavy atom. The lowest BCUT2D eigenvalue weighted by Gasteiger charge is -2.34. The maximum Gasteiger partial charge on any atom is 0.243 e. The van der Waals surface area contributed by atoms with Gasteiger partial charge in [-0.3, -0.25) is 4.79 Å². The van der Waals surface area contributed by atoms with Crippen LogP contribution in [-0.4, -0.2) is 56.8 Å². The van der Waals surface area contributed by atoms with Gasteiger partial charge in [-0.1, -0.05) is 18.5 Å². The molecule has 0 unspecified atom stereocenters. The van der Waals surface area contributed by atoms with E-state index in [0.717, 1.165) is 6.42 Å². The van der Waals surface area contributed by atoms with Crippen molar-refractivity contribution in [3.63, 3.8) is 0 Å². The van der Waals surface area contributed by atoms with Gasteiger partial charge < -0.3 is 9.64 Å². The Hall–Kier alpha value is -1.31. The zero-order valence-electron chi connectivity index (χ0n) is 14.2. The number of amides is 1. The Kier molecular flexibility index (Phi) is 6.11. The van der Waals surface area contributed by atoms with Crippen molar-refractivity contribution < 1.29 is 17.9 Å². The second-order valence-electron chi connectivity index (χ2n) is 5.79. The summed E-state index contributed by atoms with van der Waals surface area (Å²) in [5, 5.41) is 0.262. The molecular weight excluding hydrogens is 352 g/mol. The number of halogens is 1. The van der Waals surface area contributed by atoms with Crippen LogP contribution in [0.5, 0.6) is 5.75 Å². The van der Waals surface area contributed by atoms with E-state index in [2.05, 4.69) is 0 Å². The predicted octanol–water partition coefficient (Wildman–Crippen LogP) is 2.29. The minimum absolute atomic E-state index is 0.0817. The molecule has 8 heteroatoms. The highest BCUT2D eigenvalue weighted by molar-refractivity contribution is 7.89. The molecule has 1 saturated heterocycles. The maximum atomic E-state index is 12.9. The number of benzene rings is 1. The minimum Gasteiger partial charge on any atom is -0.495 e. The van der Waals surface area contributed by atoms with Crippen molar-refractivity contribution in [2.45, 2.75) is 31.6 Å². The van der Waals surface area contributed by atoms with Crippen LogP contribution in [0.25, 0.3) is 0 Å². The van der Waals surface area contributed by atoms with E-state index in [1.54, 1.807) is 17.9 Å². The molecule has 0 atom stereocenters. The maximum absolute atomic E-state index is 12.9. The van der Waals surface area contributed by atoms with Gasteiger partial charge in [-0.25, -0.2) is 8.42 Å². The summed E-state index contributed by atoms with van der Waals surface area (Å²) in [6, 6.07) is 3.05. The van der Waals surface area contributed by atoms with Crippen molar-refractivity contribution in [2.75, 3.05) is 33.3 Å². The van der Waals surface area contributed by atoms with Crippen LogP contribution in [0.3, 0.4) is 0 Å². The van der Waals surface area contributed by atoms with Crippen molar-refractivity contribution in [3.8, 4) is 5.75 Å². The monoisotopic (exact) mass is 374 g/mol. The third kappa shape index (κ3) is 3.84. The predicted molar refractivity (Wildman–Crippen MR) is 93.0 cm³/mol. The minimum atomic E-state index is -3.65. The third-order valence-corrected chi connectivity index (χ3v) is 6.46. The average Bonchev–Trinajstić information content (AvgIpc) is 2.56. The molecule has 0 aliphatic carbocycles. The van der Waals surface area contributed by atoms with E-state index in [-0.39, 0.29) is 15.8 Å². The molecule has 0 bridgehead atoms. The standard InChI is InChI=1S/C16H23ClN2O4S/c1-4-5-16(20)18-6-8-19(9-7-18)24(21,22)15-11-13(17)14(23-3)10-12(15)2/h10-11H,4-9H2,1-3H3. The molecule has 1 aliphatic rings. The van der Waals surface area contributed by atoms with Crippen LogP contribution in [0.4, 0.5) is 0 Å². The molecule has 1 aromatic carbocycles. The molecule has 0 radical (unpaired) electrons. The van der Waals surface area contributed by atoms with Crippen LogP contribution in [0.1, 0.15) is 25.3 Å². The molecule has 1 heterocycles. The summed E-state index contributed by atoms with van der Waals surface area (Å²) >= 11 is 6.09. The van der Waals surface area contributed by atoms with Gasteiger partial charge in [-0.2, -0.15) is 4.31 Å². The Labute approximate surface area is 148 Å². The molecule has 1 amide bonds. The van der Waals surface area contributed by atoms with Crippen molar-refractivity contribution in [1.82, 2.24) is 9.21 Å².